The van der Waals surface area contributed by atoms with Crippen molar-refractivity contribution < 1.29 is 0 Å². The predicted molar refractivity (Wildman–Crippen MR) is 122 cm³/mol. The molecule has 8 atom stereocenters. The molecule has 3 saturated carbocycles. The highest BCUT2D eigenvalue weighted by Gasteiger charge is 2.57. The molecule has 0 heteroatoms. The van der Waals surface area contributed by atoms with E-state index in [0.29, 0.717) is 16.7 Å². The summed E-state index contributed by atoms with van der Waals surface area (Å²) < 4.78 is 0. The third-order valence-corrected chi connectivity index (χ3v) is 10.5. The van der Waals surface area contributed by atoms with Crippen LogP contribution in [0.1, 0.15) is 99.3 Å². The fourth-order valence-corrected chi connectivity index (χ4v) is 8.16. The van der Waals surface area contributed by atoms with Crippen LogP contribution in [0.15, 0.2) is 23.8 Å². The molecule has 0 bridgehead atoms. The highest BCUT2D eigenvalue weighted by molar-refractivity contribution is 5.27. The van der Waals surface area contributed by atoms with Gasteiger partial charge in [-0.2, -0.15) is 0 Å². The van der Waals surface area contributed by atoms with E-state index in [1.54, 1.807) is 0 Å². The van der Waals surface area contributed by atoms with E-state index in [1.807, 2.05) is 5.57 Å². The Morgan fingerprint density at radius 3 is 2.36 bits per heavy atom. The van der Waals surface area contributed by atoms with Crippen molar-refractivity contribution in [3.63, 3.8) is 0 Å². The van der Waals surface area contributed by atoms with Crippen molar-refractivity contribution in [2.75, 3.05) is 0 Å². The van der Waals surface area contributed by atoms with E-state index in [-0.39, 0.29) is 0 Å². The number of hydrogen-bond donors (Lipinski definition) is 0. The minimum Gasteiger partial charge on any atom is -0.0852 e. The van der Waals surface area contributed by atoms with Crippen LogP contribution in [-0.4, -0.2) is 0 Å². The molecule has 0 unspecified atom stereocenters. The first kappa shape index (κ1) is 20.7. The summed E-state index contributed by atoms with van der Waals surface area (Å²) in [6, 6.07) is 0. The highest BCUT2D eigenvalue weighted by Crippen LogP contribution is 2.66. The number of allylic oxidation sites excluding steroid dienone is 4. The Labute approximate surface area is 175 Å². The molecule has 0 heterocycles. The van der Waals surface area contributed by atoms with Gasteiger partial charge < -0.3 is 0 Å². The molecule has 0 saturated heterocycles. The first-order chi connectivity index (χ1) is 13.3. The van der Waals surface area contributed by atoms with Crippen LogP contribution in [-0.2, 0) is 0 Å². The Bertz CT molecular complexity index is 624. The standard InChI is InChI=1S/C28H46/c1-19(2)20(3)10-11-21(4)24-14-15-25-23-13-12-22-9-7-8-17-27(22,5)26(23)16-18-28(24,25)6/h10-11,13,19-22,24-26H,7-9,12,14-18H2,1-6H3/b11-10+/t20-,21+,22+,24+,25-,26-,27-,28+/m0/s1. The Morgan fingerprint density at radius 1 is 0.857 bits per heavy atom. The summed E-state index contributed by atoms with van der Waals surface area (Å²) in [7, 11) is 0. The normalized spacial score (nSPS) is 45.3. The molecule has 0 aromatic heterocycles. The van der Waals surface area contributed by atoms with Gasteiger partial charge in [0.15, 0.2) is 0 Å². The van der Waals surface area contributed by atoms with Gasteiger partial charge in [0, 0.05) is 0 Å². The van der Waals surface area contributed by atoms with Crippen molar-refractivity contribution in [3.8, 4) is 0 Å². The van der Waals surface area contributed by atoms with Crippen LogP contribution in [0, 0.1) is 52.3 Å². The van der Waals surface area contributed by atoms with Gasteiger partial charge in [-0.3, -0.25) is 0 Å². The molecule has 0 aromatic carbocycles. The third-order valence-electron chi connectivity index (χ3n) is 10.5. The van der Waals surface area contributed by atoms with Gasteiger partial charge in [0.25, 0.3) is 0 Å². The third kappa shape index (κ3) is 3.26. The maximum atomic E-state index is 2.77. The molecule has 0 spiro atoms. The second-order valence-electron chi connectivity index (χ2n) is 12.1. The van der Waals surface area contributed by atoms with Gasteiger partial charge >= 0.3 is 0 Å². The number of fused-ring (bicyclic) bond motifs is 5. The molecular formula is C28H46. The van der Waals surface area contributed by atoms with E-state index in [2.05, 4.69) is 59.8 Å². The topological polar surface area (TPSA) is 0 Å². The Hall–Kier alpha value is -0.520. The smallest absolute Gasteiger partial charge is 0.0143 e. The summed E-state index contributed by atoms with van der Waals surface area (Å²) in [6.07, 6.45) is 21.1. The average Bonchev–Trinajstić information content (AvgIpc) is 3.02. The highest BCUT2D eigenvalue weighted by atomic mass is 14.6. The van der Waals surface area contributed by atoms with E-state index in [1.165, 1.54) is 57.8 Å². The SMILES string of the molecule is CC(C)[C@@H](C)/C=C/[C@@H](C)[C@H]1CC[C@H]2C3=CC[C@H]4CCCC[C@]4(C)[C@H]3CC[C@]12C. The van der Waals surface area contributed by atoms with Crippen molar-refractivity contribution >= 4 is 0 Å². The zero-order valence-corrected chi connectivity index (χ0v) is 19.6. The summed E-state index contributed by atoms with van der Waals surface area (Å²) >= 11 is 0. The van der Waals surface area contributed by atoms with Crippen molar-refractivity contribution in [1.29, 1.82) is 0 Å². The molecule has 158 valence electrons. The van der Waals surface area contributed by atoms with Gasteiger partial charge in [-0.05, 0) is 97.2 Å². The quantitative estimate of drug-likeness (QED) is 0.428. The van der Waals surface area contributed by atoms with E-state index in [4.69, 9.17) is 0 Å². The molecule has 0 aromatic rings. The van der Waals surface area contributed by atoms with E-state index in [9.17, 15) is 0 Å². The second kappa shape index (κ2) is 7.63. The van der Waals surface area contributed by atoms with Crippen LogP contribution in [0.3, 0.4) is 0 Å². The lowest BCUT2D eigenvalue weighted by Gasteiger charge is -2.57. The molecule has 4 aliphatic carbocycles. The molecule has 0 radical (unpaired) electrons. The Morgan fingerprint density at radius 2 is 1.61 bits per heavy atom. The summed E-state index contributed by atoms with van der Waals surface area (Å²) in [6.45, 7) is 15.0. The second-order valence-corrected chi connectivity index (χ2v) is 12.1. The van der Waals surface area contributed by atoms with Crippen LogP contribution in [0.5, 0.6) is 0 Å². The van der Waals surface area contributed by atoms with Crippen molar-refractivity contribution in [1.82, 2.24) is 0 Å². The summed E-state index contributed by atoms with van der Waals surface area (Å²) in [5.41, 5.74) is 3.11. The largest absolute Gasteiger partial charge is 0.0852 e. The average molecular weight is 383 g/mol. The first-order valence-electron chi connectivity index (χ1n) is 12.7. The van der Waals surface area contributed by atoms with Gasteiger partial charge in [-0.15, -0.1) is 0 Å². The van der Waals surface area contributed by atoms with Crippen LogP contribution in [0.25, 0.3) is 0 Å². The molecule has 4 aliphatic rings. The molecule has 0 amide bonds. The number of rotatable bonds is 4. The Balaban J connectivity index is 1.54. The summed E-state index contributed by atoms with van der Waals surface area (Å²) in [4.78, 5) is 0. The minimum atomic E-state index is 0.547. The molecule has 0 aliphatic heterocycles. The zero-order chi connectivity index (χ0) is 20.1. The summed E-state index contributed by atoms with van der Waals surface area (Å²) in [5.74, 6) is 5.84. The van der Waals surface area contributed by atoms with Crippen molar-refractivity contribution in [2.45, 2.75) is 99.3 Å². The molecule has 28 heavy (non-hydrogen) atoms. The van der Waals surface area contributed by atoms with Crippen LogP contribution in [0.4, 0.5) is 0 Å². The van der Waals surface area contributed by atoms with Gasteiger partial charge in [0.1, 0.15) is 0 Å². The fourth-order valence-electron chi connectivity index (χ4n) is 8.16. The fraction of sp³-hybridized carbons (Fsp3) is 0.857. The molecule has 3 fully saturated rings. The lowest BCUT2D eigenvalue weighted by Crippen LogP contribution is -2.48. The number of hydrogen-bond acceptors (Lipinski definition) is 0. The van der Waals surface area contributed by atoms with Crippen LogP contribution >= 0.6 is 0 Å². The minimum absolute atomic E-state index is 0.547. The van der Waals surface area contributed by atoms with E-state index >= 15 is 0 Å². The molecular weight excluding hydrogens is 336 g/mol. The van der Waals surface area contributed by atoms with Crippen molar-refractivity contribution in [3.05, 3.63) is 23.8 Å². The van der Waals surface area contributed by atoms with Crippen LogP contribution < -0.4 is 0 Å². The molecule has 4 rings (SSSR count). The maximum absolute atomic E-state index is 2.77. The van der Waals surface area contributed by atoms with Gasteiger partial charge in [-0.1, -0.05) is 78.2 Å². The van der Waals surface area contributed by atoms with Gasteiger partial charge in [-0.25, -0.2) is 0 Å². The lowest BCUT2D eigenvalue weighted by molar-refractivity contribution is -0.00481. The maximum Gasteiger partial charge on any atom is -0.0143 e. The van der Waals surface area contributed by atoms with Crippen LogP contribution in [0.2, 0.25) is 0 Å². The monoisotopic (exact) mass is 382 g/mol. The molecule has 0 nitrogen and oxygen atoms in total. The summed E-state index contributed by atoms with van der Waals surface area (Å²) in [5, 5.41) is 0. The predicted octanol–water partition coefficient (Wildman–Crippen LogP) is 8.44. The van der Waals surface area contributed by atoms with E-state index < -0.39 is 0 Å². The first-order valence-corrected chi connectivity index (χ1v) is 12.7. The molecule has 0 N–H and O–H groups in total. The van der Waals surface area contributed by atoms with E-state index in [0.717, 1.165) is 35.5 Å². The van der Waals surface area contributed by atoms with Gasteiger partial charge in [0.2, 0.25) is 0 Å². The van der Waals surface area contributed by atoms with Gasteiger partial charge in [0.05, 0.1) is 0 Å². The zero-order valence-electron chi connectivity index (χ0n) is 19.6. The Kier molecular flexibility index (Phi) is 5.65. The lowest BCUT2D eigenvalue weighted by atomic mass is 9.48. The van der Waals surface area contributed by atoms with Crippen molar-refractivity contribution in [2.24, 2.45) is 52.3 Å².